The van der Waals surface area contributed by atoms with Crippen LogP contribution in [0.5, 0.6) is 11.5 Å². The largest absolute Gasteiger partial charge is 0.508 e. The maximum atomic E-state index is 12.5. The van der Waals surface area contributed by atoms with Crippen molar-refractivity contribution in [3.8, 4) is 11.5 Å². The molecule has 3 heteroatoms. The van der Waals surface area contributed by atoms with Gasteiger partial charge in [0.2, 0.25) is 0 Å². The molecule has 1 unspecified atom stereocenters. The SMILES string of the molecule is CC1CCCCCCCc2c(O)ccc(O)c2C(=O)CCC1. The topological polar surface area (TPSA) is 57.5 Å². The maximum absolute atomic E-state index is 12.5. The van der Waals surface area contributed by atoms with Gasteiger partial charge in [0.25, 0.3) is 0 Å². The van der Waals surface area contributed by atoms with E-state index < -0.39 is 0 Å². The first-order valence-electron chi connectivity index (χ1n) is 8.66. The number of Topliss-reactive ketones (excluding diaryl/α,β-unsaturated/α-hetero) is 1. The Balaban J connectivity index is 2.20. The van der Waals surface area contributed by atoms with Crippen molar-refractivity contribution in [2.24, 2.45) is 5.92 Å². The molecule has 1 aliphatic rings. The van der Waals surface area contributed by atoms with Crippen molar-refractivity contribution in [3.05, 3.63) is 23.3 Å². The van der Waals surface area contributed by atoms with Crippen molar-refractivity contribution in [2.75, 3.05) is 0 Å². The molecular formula is C19H28O3. The van der Waals surface area contributed by atoms with E-state index in [9.17, 15) is 15.0 Å². The smallest absolute Gasteiger partial charge is 0.167 e. The van der Waals surface area contributed by atoms with Crippen molar-refractivity contribution in [1.29, 1.82) is 0 Å². The first-order chi connectivity index (χ1) is 10.6. The number of fused-ring (bicyclic) bond motifs is 1. The van der Waals surface area contributed by atoms with E-state index >= 15 is 0 Å². The molecule has 1 aliphatic carbocycles. The van der Waals surface area contributed by atoms with Gasteiger partial charge in [0, 0.05) is 12.0 Å². The Bertz CT molecular complexity index is 508. The number of rotatable bonds is 0. The third-order valence-electron chi connectivity index (χ3n) is 4.77. The molecule has 2 rings (SSSR count). The molecule has 3 nitrogen and oxygen atoms in total. The van der Waals surface area contributed by atoms with Crippen molar-refractivity contribution < 1.29 is 15.0 Å². The van der Waals surface area contributed by atoms with Crippen LogP contribution in [0.25, 0.3) is 0 Å². The fraction of sp³-hybridized carbons (Fsp3) is 0.632. The number of phenols is 2. The summed E-state index contributed by atoms with van der Waals surface area (Å²) >= 11 is 0. The molecule has 22 heavy (non-hydrogen) atoms. The molecule has 2 N–H and O–H groups in total. The van der Waals surface area contributed by atoms with E-state index in [4.69, 9.17) is 0 Å². The Morgan fingerprint density at radius 1 is 0.864 bits per heavy atom. The molecule has 0 aromatic heterocycles. The highest BCUT2D eigenvalue weighted by Crippen LogP contribution is 2.32. The molecule has 0 amide bonds. The minimum absolute atomic E-state index is 0.0120. The van der Waals surface area contributed by atoms with Gasteiger partial charge in [0.1, 0.15) is 11.5 Å². The van der Waals surface area contributed by atoms with Gasteiger partial charge in [0.15, 0.2) is 5.78 Å². The molecular weight excluding hydrogens is 276 g/mol. The Morgan fingerprint density at radius 3 is 2.32 bits per heavy atom. The number of hydrogen-bond donors (Lipinski definition) is 2. The summed E-state index contributed by atoms with van der Waals surface area (Å²) in [5.41, 5.74) is 0.986. The molecule has 0 spiro atoms. The molecule has 1 aromatic rings. The van der Waals surface area contributed by atoms with E-state index in [0.717, 1.165) is 25.7 Å². The van der Waals surface area contributed by atoms with Crippen molar-refractivity contribution in [3.63, 3.8) is 0 Å². The van der Waals surface area contributed by atoms with Crippen LogP contribution in [0.3, 0.4) is 0 Å². The molecule has 0 heterocycles. The monoisotopic (exact) mass is 304 g/mol. The summed E-state index contributed by atoms with van der Waals surface area (Å²) in [5, 5.41) is 20.2. The Morgan fingerprint density at radius 2 is 1.50 bits per heavy atom. The summed E-state index contributed by atoms with van der Waals surface area (Å²) < 4.78 is 0. The lowest BCUT2D eigenvalue weighted by atomic mass is 9.91. The molecule has 0 aliphatic heterocycles. The van der Waals surface area contributed by atoms with Gasteiger partial charge in [-0.25, -0.2) is 0 Å². The number of aromatic hydroxyl groups is 2. The Labute approximate surface area is 133 Å². The maximum Gasteiger partial charge on any atom is 0.167 e. The second kappa shape index (κ2) is 8.21. The fourth-order valence-electron chi connectivity index (χ4n) is 3.39. The third kappa shape index (κ3) is 4.49. The van der Waals surface area contributed by atoms with E-state index in [2.05, 4.69) is 6.92 Å². The van der Waals surface area contributed by atoms with E-state index in [-0.39, 0.29) is 17.3 Å². The molecule has 0 saturated carbocycles. The number of carbonyl (C=O) groups is 1. The van der Waals surface area contributed by atoms with E-state index in [1.165, 1.54) is 37.8 Å². The van der Waals surface area contributed by atoms with Gasteiger partial charge in [-0.2, -0.15) is 0 Å². The van der Waals surface area contributed by atoms with Crippen LogP contribution in [0.2, 0.25) is 0 Å². The summed E-state index contributed by atoms with van der Waals surface area (Å²) in [7, 11) is 0. The lowest BCUT2D eigenvalue weighted by molar-refractivity contribution is 0.0973. The summed E-state index contributed by atoms with van der Waals surface area (Å²) in [4.78, 5) is 12.5. The Kier molecular flexibility index (Phi) is 6.29. The highest BCUT2D eigenvalue weighted by molar-refractivity contribution is 6.00. The van der Waals surface area contributed by atoms with Crippen molar-refractivity contribution in [2.45, 2.75) is 71.1 Å². The number of hydrogen-bond acceptors (Lipinski definition) is 3. The lowest BCUT2D eigenvalue weighted by Crippen LogP contribution is -2.07. The van der Waals surface area contributed by atoms with Gasteiger partial charge in [-0.15, -0.1) is 0 Å². The van der Waals surface area contributed by atoms with E-state index in [0.29, 0.717) is 29.9 Å². The Hall–Kier alpha value is -1.51. The van der Waals surface area contributed by atoms with Crippen LogP contribution >= 0.6 is 0 Å². The van der Waals surface area contributed by atoms with Crippen LogP contribution < -0.4 is 0 Å². The number of carbonyl (C=O) groups excluding carboxylic acids is 1. The molecule has 0 radical (unpaired) electrons. The summed E-state index contributed by atoms with van der Waals surface area (Å²) in [6.45, 7) is 2.26. The van der Waals surface area contributed by atoms with Gasteiger partial charge in [-0.1, -0.05) is 45.4 Å². The first kappa shape index (κ1) is 16.9. The molecule has 1 atom stereocenters. The zero-order valence-corrected chi connectivity index (χ0v) is 13.6. The van der Waals surface area contributed by atoms with Gasteiger partial charge >= 0.3 is 0 Å². The lowest BCUT2D eigenvalue weighted by Gasteiger charge is -2.15. The zero-order chi connectivity index (χ0) is 15.9. The number of ketones is 1. The van der Waals surface area contributed by atoms with Crippen LogP contribution in [0.15, 0.2) is 12.1 Å². The predicted molar refractivity (Wildman–Crippen MR) is 88.5 cm³/mol. The summed E-state index contributed by atoms with van der Waals surface area (Å²) in [5.74, 6) is 0.778. The fourth-order valence-corrected chi connectivity index (χ4v) is 3.39. The molecule has 122 valence electrons. The molecule has 0 fully saturated rings. The molecule has 0 saturated heterocycles. The van der Waals surface area contributed by atoms with Gasteiger partial charge in [-0.05, 0) is 37.3 Å². The predicted octanol–water partition coefficient (Wildman–Crippen LogP) is 4.98. The highest BCUT2D eigenvalue weighted by atomic mass is 16.3. The standard InChI is InChI=1S/C19H28O3/c1-14-8-5-3-2-4-6-10-15-16(20)12-13-18(22)19(15)17(21)11-7-9-14/h12-14,20,22H,2-11H2,1H3. The normalized spacial score (nSPS) is 21.9. The van der Waals surface area contributed by atoms with Crippen molar-refractivity contribution in [1.82, 2.24) is 0 Å². The molecule has 0 bridgehead atoms. The van der Waals surface area contributed by atoms with Gasteiger partial charge < -0.3 is 10.2 Å². The van der Waals surface area contributed by atoms with Crippen LogP contribution in [0.4, 0.5) is 0 Å². The van der Waals surface area contributed by atoms with Crippen LogP contribution in [-0.4, -0.2) is 16.0 Å². The number of phenolic OH excluding ortho intramolecular Hbond substituents is 2. The molecule has 1 aromatic carbocycles. The minimum atomic E-state index is -0.0346. The number of benzene rings is 1. The van der Waals surface area contributed by atoms with Gasteiger partial charge in [0.05, 0.1) is 5.56 Å². The second-order valence-corrected chi connectivity index (χ2v) is 6.68. The highest BCUT2D eigenvalue weighted by Gasteiger charge is 2.19. The second-order valence-electron chi connectivity index (χ2n) is 6.68. The van der Waals surface area contributed by atoms with Crippen LogP contribution in [-0.2, 0) is 6.42 Å². The minimum Gasteiger partial charge on any atom is -0.508 e. The van der Waals surface area contributed by atoms with Crippen LogP contribution in [0.1, 0.15) is 80.6 Å². The van der Waals surface area contributed by atoms with Gasteiger partial charge in [-0.3, -0.25) is 4.79 Å². The summed E-state index contributed by atoms with van der Waals surface area (Å²) in [6.07, 6.45) is 10.1. The average Bonchev–Trinajstić information content (AvgIpc) is 2.48. The quantitative estimate of drug-likeness (QED) is 0.664. The zero-order valence-electron chi connectivity index (χ0n) is 13.6. The third-order valence-corrected chi connectivity index (χ3v) is 4.77. The average molecular weight is 304 g/mol. The first-order valence-corrected chi connectivity index (χ1v) is 8.66. The van der Waals surface area contributed by atoms with E-state index in [1.807, 2.05) is 0 Å². The van der Waals surface area contributed by atoms with Crippen LogP contribution in [0, 0.1) is 5.92 Å². The van der Waals surface area contributed by atoms with Crippen molar-refractivity contribution >= 4 is 5.78 Å². The van der Waals surface area contributed by atoms with E-state index in [1.54, 1.807) is 0 Å². The summed E-state index contributed by atoms with van der Waals surface area (Å²) in [6, 6.07) is 2.92.